The maximum absolute atomic E-state index is 12.3. The fraction of sp³-hybridized carbons (Fsp3) is 0.292. The highest BCUT2D eigenvalue weighted by atomic mass is 16.5. The highest BCUT2D eigenvalue weighted by Crippen LogP contribution is 2.21. The van der Waals surface area contributed by atoms with Crippen LogP contribution >= 0.6 is 0 Å². The number of aromatic nitrogens is 2. The molecule has 0 atom stereocenters. The number of carbonyl (C=O) groups is 1. The third kappa shape index (κ3) is 5.56. The Balaban J connectivity index is 1.59. The van der Waals surface area contributed by atoms with E-state index in [1.54, 1.807) is 6.07 Å². The normalized spacial score (nSPS) is 10.7. The van der Waals surface area contributed by atoms with Crippen molar-refractivity contribution in [1.82, 2.24) is 15.1 Å². The van der Waals surface area contributed by atoms with Crippen LogP contribution in [0.5, 0.6) is 5.75 Å². The van der Waals surface area contributed by atoms with Crippen LogP contribution in [-0.4, -0.2) is 28.8 Å². The number of benzene rings is 2. The van der Waals surface area contributed by atoms with Gasteiger partial charge in [-0.05, 0) is 68.7 Å². The molecule has 1 N–H and O–H groups in total. The van der Waals surface area contributed by atoms with E-state index in [-0.39, 0.29) is 18.0 Å². The molecule has 1 amide bonds. The Hall–Kier alpha value is -3.41. The molecule has 0 radical (unpaired) electrons. The van der Waals surface area contributed by atoms with Crippen LogP contribution in [-0.2, 0) is 11.3 Å². The Kier molecular flexibility index (Phi) is 6.67. The Morgan fingerprint density at radius 2 is 1.70 bits per heavy atom. The summed E-state index contributed by atoms with van der Waals surface area (Å²) in [5.74, 6) is 0.493. The van der Waals surface area contributed by atoms with Gasteiger partial charge in [-0.2, -0.15) is 5.10 Å². The molecule has 0 aliphatic carbocycles. The Labute approximate surface area is 176 Å². The van der Waals surface area contributed by atoms with Gasteiger partial charge in [0.05, 0.1) is 12.2 Å². The minimum absolute atomic E-state index is 0.138. The molecule has 156 valence electrons. The molecule has 3 aromatic rings. The first-order valence-corrected chi connectivity index (χ1v) is 9.95. The quantitative estimate of drug-likeness (QED) is 0.612. The molecule has 0 bridgehead atoms. The highest BCUT2D eigenvalue weighted by Gasteiger charge is 2.10. The first-order valence-electron chi connectivity index (χ1n) is 9.95. The number of rotatable bonds is 7. The monoisotopic (exact) mass is 405 g/mol. The second-order valence-electron chi connectivity index (χ2n) is 7.55. The van der Waals surface area contributed by atoms with Gasteiger partial charge in [0.2, 0.25) is 5.91 Å². The van der Waals surface area contributed by atoms with Crippen molar-refractivity contribution in [3.63, 3.8) is 0 Å². The number of aryl methyl sites for hydroxylation is 4. The summed E-state index contributed by atoms with van der Waals surface area (Å²) < 4.78 is 6.89. The van der Waals surface area contributed by atoms with E-state index in [1.807, 2.05) is 58.0 Å². The van der Waals surface area contributed by atoms with Gasteiger partial charge in [-0.3, -0.25) is 9.59 Å². The van der Waals surface area contributed by atoms with Crippen molar-refractivity contribution in [2.45, 2.75) is 34.2 Å². The molecular weight excluding hydrogens is 378 g/mol. The van der Waals surface area contributed by atoms with Gasteiger partial charge in [0.25, 0.3) is 5.56 Å². The molecule has 0 unspecified atom stereocenters. The predicted octanol–water partition coefficient (Wildman–Crippen LogP) is 3.34. The lowest BCUT2D eigenvalue weighted by Crippen LogP contribution is -2.35. The van der Waals surface area contributed by atoms with E-state index in [2.05, 4.69) is 16.5 Å². The molecule has 0 saturated heterocycles. The zero-order valence-corrected chi connectivity index (χ0v) is 17.9. The van der Waals surface area contributed by atoms with Crippen LogP contribution in [0.2, 0.25) is 0 Å². The van der Waals surface area contributed by atoms with Crippen LogP contribution in [0.25, 0.3) is 11.3 Å². The predicted molar refractivity (Wildman–Crippen MR) is 118 cm³/mol. The van der Waals surface area contributed by atoms with E-state index in [9.17, 15) is 9.59 Å². The lowest BCUT2D eigenvalue weighted by atomic mass is 10.0. The van der Waals surface area contributed by atoms with E-state index in [1.165, 1.54) is 10.7 Å². The number of hydrogen-bond acceptors (Lipinski definition) is 4. The van der Waals surface area contributed by atoms with Crippen LogP contribution in [0.1, 0.15) is 22.3 Å². The average Bonchev–Trinajstić information content (AvgIpc) is 2.68. The van der Waals surface area contributed by atoms with E-state index in [0.717, 1.165) is 33.6 Å². The Morgan fingerprint density at radius 1 is 0.967 bits per heavy atom. The van der Waals surface area contributed by atoms with Gasteiger partial charge >= 0.3 is 0 Å². The van der Waals surface area contributed by atoms with Gasteiger partial charge in [-0.25, -0.2) is 4.68 Å². The summed E-state index contributed by atoms with van der Waals surface area (Å²) in [6.45, 7) is 8.58. The number of amides is 1. The Bertz CT molecular complexity index is 1100. The van der Waals surface area contributed by atoms with Crippen molar-refractivity contribution in [2.24, 2.45) is 0 Å². The van der Waals surface area contributed by atoms with Crippen molar-refractivity contribution >= 4 is 5.91 Å². The van der Waals surface area contributed by atoms with E-state index in [4.69, 9.17) is 4.74 Å². The zero-order chi connectivity index (χ0) is 21.7. The molecule has 6 heteroatoms. The van der Waals surface area contributed by atoms with Gasteiger partial charge in [0.1, 0.15) is 18.9 Å². The van der Waals surface area contributed by atoms with Crippen molar-refractivity contribution < 1.29 is 9.53 Å². The molecule has 0 saturated carbocycles. The lowest BCUT2D eigenvalue weighted by Gasteiger charge is -2.11. The van der Waals surface area contributed by atoms with Gasteiger partial charge in [-0.1, -0.05) is 23.8 Å². The Morgan fingerprint density at radius 3 is 2.43 bits per heavy atom. The van der Waals surface area contributed by atoms with Crippen LogP contribution in [0.3, 0.4) is 0 Å². The molecule has 1 aromatic heterocycles. The SMILES string of the molecule is Cc1cc(C)cc(OCCNC(=O)Cn2nc(-c3cc(C)ccc3C)ccc2=O)c1. The maximum Gasteiger partial charge on any atom is 0.267 e. The summed E-state index contributed by atoms with van der Waals surface area (Å²) in [5, 5.41) is 7.17. The highest BCUT2D eigenvalue weighted by molar-refractivity contribution is 5.75. The van der Waals surface area contributed by atoms with Crippen LogP contribution in [0, 0.1) is 27.7 Å². The standard InChI is InChI=1S/C24H27N3O3/c1-16-5-6-19(4)21(14-16)22-7-8-24(29)27(26-22)15-23(28)25-9-10-30-20-12-17(2)11-18(3)13-20/h5-8,11-14H,9-10,15H2,1-4H3,(H,25,28). The molecule has 3 rings (SSSR count). The lowest BCUT2D eigenvalue weighted by molar-refractivity contribution is -0.122. The molecule has 1 heterocycles. The fourth-order valence-electron chi connectivity index (χ4n) is 3.29. The molecular formula is C24H27N3O3. The molecule has 30 heavy (non-hydrogen) atoms. The molecule has 0 fully saturated rings. The van der Waals surface area contributed by atoms with Crippen LogP contribution in [0.15, 0.2) is 53.3 Å². The molecule has 0 aliphatic heterocycles. The first-order chi connectivity index (χ1) is 14.3. The summed E-state index contributed by atoms with van der Waals surface area (Å²) in [7, 11) is 0. The fourth-order valence-corrected chi connectivity index (χ4v) is 3.29. The largest absolute Gasteiger partial charge is 0.492 e. The summed E-state index contributed by atoms with van der Waals surface area (Å²) in [4.78, 5) is 24.5. The van der Waals surface area contributed by atoms with Gasteiger partial charge < -0.3 is 10.1 Å². The second-order valence-corrected chi connectivity index (χ2v) is 7.55. The molecule has 6 nitrogen and oxygen atoms in total. The maximum atomic E-state index is 12.3. The second kappa shape index (κ2) is 9.39. The van der Waals surface area contributed by atoms with E-state index in [0.29, 0.717) is 18.8 Å². The van der Waals surface area contributed by atoms with Crippen LogP contribution in [0.4, 0.5) is 0 Å². The van der Waals surface area contributed by atoms with Crippen molar-refractivity contribution in [2.75, 3.05) is 13.2 Å². The summed E-state index contributed by atoms with van der Waals surface area (Å²) in [6.07, 6.45) is 0. The summed E-state index contributed by atoms with van der Waals surface area (Å²) in [6, 6.07) is 15.2. The van der Waals surface area contributed by atoms with Gasteiger partial charge in [0, 0.05) is 11.6 Å². The number of hydrogen-bond donors (Lipinski definition) is 1. The van der Waals surface area contributed by atoms with Crippen LogP contribution < -0.4 is 15.6 Å². The van der Waals surface area contributed by atoms with Crippen molar-refractivity contribution in [1.29, 1.82) is 0 Å². The van der Waals surface area contributed by atoms with Crippen molar-refractivity contribution in [3.05, 3.63) is 81.1 Å². The minimum atomic E-state index is -0.314. The van der Waals surface area contributed by atoms with Gasteiger partial charge in [0.15, 0.2) is 0 Å². The number of nitrogens with one attached hydrogen (secondary N) is 1. The zero-order valence-electron chi connectivity index (χ0n) is 17.9. The molecule has 0 spiro atoms. The van der Waals surface area contributed by atoms with Crippen molar-refractivity contribution in [3.8, 4) is 17.0 Å². The average molecular weight is 405 g/mol. The smallest absolute Gasteiger partial charge is 0.267 e. The van der Waals surface area contributed by atoms with E-state index < -0.39 is 0 Å². The summed E-state index contributed by atoms with van der Waals surface area (Å²) >= 11 is 0. The van der Waals surface area contributed by atoms with E-state index >= 15 is 0 Å². The van der Waals surface area contributed by atoms with Gasteiger partial charge in [-0.15, -0.1) is 0 Å². The number of carbonyl (C=O) groups excluding carboxylic acids is 1. The molecule has 2 aromatic carbocycles. The minimum Gasteiger partial charge on any atom is -0.492 e. The molecule has 0 aliphatic rings. The summed E-state index contributed by atoms with van der Waals surface area (Å²) in [5.41, 5.74) is 5.73. The first kappa shape index (κ1) is 21.3. The third-order valence-electron chi connectivity index (χ3n) is 4.72. The number of ether oxygens (including phenoxy) is 1. The number of nitrogens with zero attached hydrogens (tertiary/aromatic N) is 2. The third-order valence-corrected chi connectivity index (χ3v) is 4.72. The topological polar surface area (TPSA) is 73.2 Å².